The molecule has 2 N–H and O–H groups in total. The Labute approximate surface area is 162 Å². The predicted octanol–water partition coefficient (Wildman–Crippen LogP) is 0.156. The van der Waals surface area contributed by atoms with Crippen LogP contribution in [0.4, 0.5) is 13.2 Å². The number of fused-ring (bicyclic) bond motifs is 1. The van der Waals surface area contributed by atoms with Crippen LogP contribution in [0.3, 0.4) is 0 Å². The average molecular weight is 464 g/mol. The Hall–Kier alpha value is -1.68. The third-order valence-corrected chi connectivity index (χ3v) is 6.79. The molecule has 0 bridgehead atoms. The molecule has 0 aliphatic carbocycles. The van der Waals surface area contributed by atoms with Crippen molar-refractivity contribution in [1.82, 2.24) is 15.6 Å². The van der Waals surface area contributed by atoms with Crippen LogP contribution in [0.25, 0.3) is 10.2 Å². The number of thiazole rings is 1. The molecular formula is C15H14AsF3N3O4S. The molecule has 1 radical (unpaired) electrons. The number of morpholine rings is 1. The van der Waals surface area contributed by atoms with Gasteiger partial charge in [0.15, 0.2) is 0 Å². The second kappa shape index (κ2) is 8.55. The molecule has 145 valence electrons. The Bertz CT molecular complexity index is 839. The molecule has 1 aliphatic rings. The van der Waals surface area contributed by atoms with E-state index < -0.39 is 28.2 Å². The summed E-state index contributed by atoms with van der Waals surface area (Å²) in [6.07, 6.45) is -4.76. The van der Waals surface area contributed by atoms with Gasteiger partial charge in [0.25, 0.3) is 0 Å². The zero-order valence-corrected chi connectivity index (χ0v) is 16.4. The number of ether oxygens (including phenoxy) is 2. The van der Waals surface area contributed by atoms with E-state index in [0.29, 0.717) is 27.2 Å². The van der Waals surface area contributed by atoms with Gasteiger partial charge in [0.05, 0.1) is 0 Å². The van der Waals surface area contributed by atoms with Crippen molar-refractivity contribution in [3.05, 3.63) is 18.2 Å². The Balaban J connectivity index is 1.55. The number of nitrogens with zero attached hydrogens (tertiary/aromatic N) is 1. The van der Waals surface area contributed by atoms with Crippen molar-refractivity contribution < 1.29 is 32.2 Å². The van der Waals surface area contributed by atoms with E-state index in [0.717, 1.165) is 11.3 Å². The summed E-state index contributed by atoms with van der Waals surface area (Å²) in [4.78, 5) is 28.3. The van der Waals surface area contributed by atoms with E-state index in [1.54, 1.807) is 0 Å². The van der Waals surface area contributed by atoms with Crippen molar-refractivity contribution in [2.24, 2.45) is 0 Å². The van der Waals surface area contributed by atoms with E-state index in [1.807, 2.05) is 0 Å². The topological polar surface area (TPSA) is 89.6 Å². The number of nitrogens with one attached hydrogen (secondary N) is 2. The van der Waals surface area contributed by atoms with Gasteiger partial charge < -0.3 is 0 Å². The van der Waals surface area contributed by atoms with Gasteiger partial charge in [-0.3, -0.25) is 0 Å². The molecule has 3 rings (SSSR count). The molecule has 2 heterocycles. The number of alkyl halides is 3. The second-order valence-corrected chi connectivity index (χ2v) is 9.57. The van der Waals surface area contributed by atoms with Gasteiger partial charge in [-0.15, -0.1) is 0 Å². The summed E-state index contributed by atoms with van der Waals surface area (Å²) < 4.78 is 46.8. The number of aromatic nitrogens is 1. The number of hydrogen-bond acceptors (Lipinski definition) is 7. The van der Waals surface area contributed by atoms with Gasteiger partial charge in [-0.2, -0.15) is 0 Å². The summed E-state index contributed by atoms with van der Waals surface area (Å²) in [6.45, 7) is 1.26. The van der Waals surface area contributed by atoms with Crippen LogP contribution in [-0.4, -0.2) is 69.9 Å². The fourth-order valence-corrected chi connectivity index (χ4v) is 5.63. The van der Waals surface area contributed by atoms with E-state index >= 15 is 0 Å². The van der Waals surface area contributed by atoms with E-state index in [2.05, 4.69) is 20.4 Å². The Kier molecular flexibility index (Phi) is 6.36. The molecule has 27 heavy (non-hydrogen) atoms. The Morgan fingerprint density at radius 2 is 2.26 bits per heavy atom. The molecule has 1 saturated heterocycles. The second-order valence-electron chi connectivity index (χ2n) is 5.48. The van der Waals surface area contributed by atoms with E-state index in [-0.39, 0.29) is 29.4 Å². The molecule has 0 spiro atoms. The minimum atomic E-state index is -4.76. The predicted molar refractivity (Wildman–Crippen MR) is 92.3 cm³/mol. The average Bonchev–Trinajstić information content (AvgIpc) is 3.00. The van der Waals surface area contributed by atoms with Crippen molar-refractivity contribution in [1.29, 1.82) is 0 Å². The molecule has 1 fully saturated rings. The fraction of sp³-hybridized carbons (Fsp3) is 0.400. The number of halogens is 3. The van der Waals surface area contributed by atoms with E-state index in [4.69, 9.17) is 4.74 Å². The summed E-state index contributed by atoms with van der Waals surface area (Å²) in [6, 6.07) is 3.36. The first-order chi connectivity index (χ1) is 12.8. The number of benzene rings is 1. The van der Waals surface area contributed by atoms with Crippen LogP contribution < -0.4 is 19.2 Å². The number of amides is 1. The van der Waals surface area contributed by atoms with Crippen LogP contribution in [-0.2, 0) is 14.3 Å². The van der Waals surface area contributed by atoms with Gasteiger partial charge in [0.1, 0.15) is 0 Å². The number of hydrogen-bond donors (Lipinski definition) is 2. The standard InChI is InChI=1S/C15H14AsF3N3O4S/c17-15(18,19)26-8-1-2-9-11(5-8)27-14(22-9)16-12(23)6-21-13(24)10-7-25-4-3-20-10/h1-2,5,10,20H,3-4,6-7H2,(H,21,24)/t10-/m1/s1. The van der Waals surface area contributed by atoms with Crippen molar-refractivity contribution in [2.75, 3.05) is 26.3 Å². The summed E-state index contributed by atoms with van der Waals surface area (Å²) >= 11 is 0.176. The first kappa shape index (κ1) is 20.1. The summed E-state index contributed by atoms with van der Waals surface area (Å²) in [5.74, 6) is -0.635. The van der Waals surface area contributed by atoms with Crippen molar-refractivity contribution in [3.63, 3.8) is 0 Å². The summed E-state index contributed by atoms with van der Waals surface area (Å²) in [5, 5.41) is 5.55. The van der Waals surface area contributed by atoms with E-state index in [1.165, 1.54) is 18.2 Å². The monoisotopic (exact) mass is 464 g/mol. The maximum atomic E-state index is 12.3. The zero-order valence-electron chi connectivity index (χ0n) is 13.7. The van der Waals surface area contributed by atoms with Crippen molar-refractivity contribution >= 4 is 51.6 Å². The van der Waals surface area contributed by atoms with Crippen LogP contribution in [0.1, 0.15) is 0 Å². The number of carbonyl (C=O) groups excluding carboxylic acids is 2. The Morgan fingerprint density at radius 1 is 1.44 bits per heavy atom. The molecule has 7 nitrogen and oxygen atoms in total. The SMILES string of the molecule is O=C(CNC(=O)[C@H]1COCCN1)[As]c1nc2ccc(OC(F)(F)F)cc2s1. The van der Waals surface area contributed by atoms with Gasteiger partial charge in [-0.25, -0.2) is 0 Å². The van der Waals surface area contributed by atoms with Gasteiger partial charge in [0.2, 0.25) is 0 Å². The molecular weight excluding hydrogens is 450 g/mol. The van der Waals surface area contributed by atoms with Gasteiger partial charge in [-0.05, 0) is 0 Å². The van der Waals surface area contributed by atoms with Crippen LogP contribution in [0.2, 0.25) is 0 Å². The quantitative estimate of drug-likeness (QED) is 0.593. The third-order valence-electron chi connectivity index (χ3n) is 3.45. The fourth-order valence-electron chi connectivity index (χ4n) is 2.30. The van der Waals surface area contributed by atoms with E-state index in [9.17, 15) is 22.8 Å². The maximum absolute atomic E-state index is 12.3. The van der Waals surface area contributed by atoms with Crippen LogP contribution in [0, 0.1) is 0 Å². The molecule has 0 unspecified atom stereocenters. The molecule has 0 saturated carbocycles. The summed E-state index contributed by atoms with van der Waals surface area (Å²) in [5.41, 5.74) is 0.500. The van der Waals surface area contributed by atoms with Crippen molar-refractivity contribution in [2.45, 2.75) is 12.4 Å². The zero-order chi connectivity index (χ0) is 19.4. The number of rotatable bonds is 6. The molecule has 2 aromatic rings. The number of carbonyl (C=O) groups is 2. The van der Waals surface area contributed by atoms with Gasteiger partial charge in [-0.1, -0.05) is 0 Å². The van der Waals surface area contributed by atoms with Crippen LogP contribution in [0.15, 0.2) is 18.2 Å². The van der Waals surface area contributed by atoms with Crippen molar-refractivity contribution in [3.8, 4) is 5.75 Å². The first-order valence-corrected chi connectivity index (χ1v) is 10.5. The normalized spacial score (nSPS) is 18.1. The Morgan fingerprint density at radius 3 is 2.96 bits per heavy atom. The van der Waals surface area contributed by atoms with Crippen LogP contribution >= 0.6 is 11.3 Å². The minimum absolute atomic E-state index is 0.116. The molecule has 1 atom stereocenters. The van der Waals surface area contributed by atoms with Gasteiger partial charge in [0, 0.05) is 0 Å². The molecule has 1 aromatic heterocycles. The molecule has 1 aromatic carbocycles. The molecule has 1 amide bonds. The first-order valence-electron chi connectivity index (χ1n) is 7.80. The molecule has 1 aliphatic heterocycles. The van der Waals surface area contributed by atoms with Crippen LogP contribution in [0.5, 0.6) is 5.75 Å². The third kappa shape index (κ3) is 5.90. The van der Waals surface area contributed by atoms with Gasteiger partial charge >= 0.3 is 162 Å². The summed E-state index contributed by atoms with van der Waals surface area (Å²) in [7, 11) is 0. The molecule has 12 heteroatoms.